The van der Waals surface area contributed by atoms with Gasteiger partial charge in [0.1, 0.15) is 4.88 Å². The van der Waals surface area contributed by atoms with Gasteiger partial charge in [-0.05, 0) is 31.7 Å². The van der Waals surface area contributed by atoms with Crippen LogP contribution in [-0.4, -0.2) is 37.4 Å². The first-order chi connectivity index (χ1) is 9.02. The zero-order valence-corrected chi connectivity index (χ0v) is 12.1. The number of aliphatic hydroxyl groups is 1. The second kappa shape index (κ2) is 5.79. The first-order valence-corrected chi connectivity index (χ1v) is 7.25. The third-order valence-electron chi connectivity index (χ3n) is 3.65. The van der Waals surface area contributed by atoms with Gasteiger partial charge in [0.05, 0.1) is 23.9 Å². The van der Waals surface area contributed by atoms with Gasteiger partial charge in [0.25, 0.3) is 0 Å². The fourth-order valence-electron chi connectivity index (χ4n) is 2.40. The maximum atomic E-state index is 11.5. The molecule has 2 rings (SSSR count). The van der Waals surface area contributed by atoms with Gasteiger partial charge in [-0.25, -0.2) is 4.79 Å². The predicted molar refractivity (Wildman–Crippen MR) is 76.7 cm³/mol. The van der Waals surface area contributed by atoms with E-state index in [-0.39, 0.29) is 12.1 Å². The Morgan fingerprint density at radius 3 is 2.74 bits per heavy atom. The Bertz CT molecular complexity index is 451. The summed E-state index contributed by atoms with van der Waals surface area (Å²) < 4.78 is 4.71. The fraction of sp³-hybridized carbons (Fsp3) is 0.615. The molecule has 1 aromatic heterocycles. The van der Waals surface area contributed by atoms with E-state index in [9.17, 15) is 9.90 Å². The van der Waals surface area contributed by atoms with Gasteiger partial charge < -0.3 is 20.5 Å². The number of nitrogens with two attached hydrogens (primary N) is 1. The molecule has 1 fully saturated rings. The van der Waals surface area contributed by atoms with Crippen LogP contribution in [0.4, 0.5) is 10.7 Å². The molecule has 1 unspecified atom stereocenters. The average Bonchev–Trinajstić information content (AvgIpc) is 2.80. The molecular formula is C13H20N2O3S. The van der Waals surface area contributed by atoms with Crippen molar-refractivity contribution in [2.45, 2.75) is 25.9 Å². The molecule has 0 aliphatic carbocycles. The molecule has 1 atom stereocenters. The van der Waals surface area contributed by atoms with Crippen molar-refractivity contribution in [3.05, 3.63) is 10.9 Å². The van der Waals surface area contributed by atoms with Crippen molar-refractivity contribution in [3.8, 4) is 0 Å². The van der Waals surface area contributed by atoms with Crippen LogP contribution in [0.1, 0.15) is 29.4 Å². The van der Waals surface area contributed by atoms with Gasteiger partial charge in [-0.1, -0.05) is 0 Å². The standard InChI is InChI=1S/C13H20N2O3S/c1-8(16)9-3-5-15(6-4-9)11-7-10(14)12(19-11)13(17)18-2/h7-9,16H,3-6,14H2,1-2H3. The summed E-state index contributed by atoms with van der Waals surface area (Å²) in [6.45, 7) is 3.62. The molecule has 1 saturated heterocycles. The minimum absolute atomic E-state index is 0.249. The number of hydrogen-bond donors (Lipinski definition) is 2. The largest absolute Gasteiger partial charge is 0.465 e. The molecule has 5 nitrogen and oxygen atoms in total. The molecular weight excluding hydrogens is 264 g/mol. The fourth-order valence-corrected chi connectivity index (χ4v) is 3.45. The van der Waals surface area contributed by atoms with Gasteiger partial charge in [-0.15, -0.1) is 11.3 Å². The lowest BCUT2D eigenvalue weighted by molar-refractivity contribution is 0.0607. The quantitative estimate of drug-likeness (QED) is 0.826. The third kappa shape index (κ3) is 3.01. The van der Waals surface area contributed by atoms with Crippen LogP contribution in [0, 0.1) is 5.92 Å². The molecule has 19 heavy (non-hydrogen) atoms. The summed E-state index contributed by atoms with van der Waals surface area (Å²) in [5.41, 5.74) is 6.32. The van der Waals surface area contributed by atoms with E-state index in [0.717, 1.165) is 30.9 Å². The monoisotopic (exact) mass is 284 g/mol. The van der Waals surface area contributed by atoms with Crippen LogP contribution in [0.5, 0.6) is 0 Å². The Morgan fingerprint density at radius 1 is 1.58 bits per heavy atom. The zero-order valence-electron chi connectivity index (χ0n) is 11.3. The van der Waals surface area contributed by atoms with Crippen LogP contribution in [0.15, 0.2) is 6.07 Å². The number of carbonyl (C=O) groups excluding carboxylic acids is 1. The molecule has 1 aliphatic heterocycles. The minimum atomic E-state index is -0.382. The number of ether oxygens (including phenoxy) is 1. The number of carbonyl (C=O) groups is 1. The summed E-state index contributed by atoms with van der Waals surface area (Å²) in [4.78, 5) is 14.2. The lowest BCUT2D eigenvalue weighted by Gasteiger charge is -2.33. The molecule has 0 bridgehead atoms. The summed E-state index contributed by atoms with van der Waals surface area (Å²) in [7, 11) is 1.36. The summed E-state index contributed by atoms with van der Waals surface area (Å²) in [5, 5.41) is 10.6. The molecule has 3 N–H and O–H groups in total. The van der Waals surface area contributed by atoms with Crippen molar-refractivity contribution in [1.82, 2.24) is 0 Å². The first kappa shape index (κ1) is 14.1. The Hall–Kier alpha value is -1.27. The van der Waals surface area contributed by atoms with Crippen LogP contribution in [0.3, 0.4) is 0 Å². The van der Waals surface area contributed by atoms with Gasteiger partial charge in [0.2, 0.25) is 0 Å². The van der Waals surface area contributed by atoms with Crippen molar-refractivity contribution in [1.29, 1.82) is 0 Å². The van der Waals surface area contributed by atoms with Gasteiger partial charge in [0.15, 0.2) is 0 Å². The number of nitrogens with zero attached hydrogens (tertiary/aromatic N) is 1. The molecule has 6 heteroatoms. The van der Waals surface area contributed by atoms with Crippen molar-refractivity contribution < 1.29 is 14.6 Å². The second-order valence-corrected chi connectivity index (χ2v) is 5.96. The second-order valence-electron chi connectivity index (χ2n) is 4.93. The van der Waals surface area contributed by atoms with Crippen LogP contribution in [-0.2, 0) is 4.74 Å². The summed E-state index contributed by atoms with van der Waals surface area (Å²) in [6.07, 6.45) is 1.67. The molecule has 1 aromatic rings. The van der Waals surface area contributed by atoms with E-state index in [1.807, 2.05) is 13.0 Å². The number of nitrogen functional groups attached to an aromatic ring is 1. The highest BCUT2D eigenvalue weighted by Gasteiger charge is 2.25. The maximum Gasteiger partial charge on any atom is 0.350 e. The Balaban J connectivity index is 2.06. The van der Waals surface area contributed by atoms with E-state index in [2.05, 4.69) is 4.90 Å². The molecule has 106 valence electrons. The molecule has 0 radical (unpaired) electrons. The van der Waals surface area contributed by atoms with Crippen molar-refractivity contribution >= 4 is 28.0 Å². The number of methoxy groups -OCH3 is 1. The average molecular weight is 284 g/mol. The molecule has 0 spiro atoms. The van der Waals surface area contributed by atoms with Gasteiger partial charge in [-0.2, -0.15) is 0 Å². The maximum absolute atomic E-state index is 11.5. The molecule has 2 heterocycles. The number of esters is 1. The van der Waals surface area contributed by atoms with E-state index >= 15 is 0 Å². The number of piperidine rings is 1. The lowest BCUT2D eigenvalue weighted by atomic mass is 9.92. The molecule has 0 amide bonds. The van der Waals surface area contributed by atoms with E-state index < -0.39 is 0 Å². The zero-order chi connectivity index (χ0) is 14.0. The molecule has 0 saturated carbocycles. The third-order valence-corrected chi connectivity index (χ3v) is 4.84. The lowest BCUT2D eigenvalue weighted by Crippen LogP contribution is -2.36. The Morgan fingerprint density at radius 2 is 2.21 bits per heavy atom. The highest BCUT2D eigenvalue weighted by molar-refractivity contribution is 7.18. The van der Waals surface area contributed by atoms with E-state index in [4.69, 9.17) is 10.5 Å². The first-order valence-electron chi connectivity index (χ1n) is 6.43. The van der Waals surface area contributed by atoms with Gasteiger partial charge in [-0.3, -0.25) is 0 Å². The molecule has 0 aromatic carbocycles. The van der Waals surface area contributed by atoms with E-state index in [0.29, 0.717) is 16.5 Å². The van der Waals surface area contributed by atoms with Crippen molar-refractivity contribution in [2.24, 2.45) is 5.92 Å². The normalized spacial score (nSPS) is 18.4. The van der Waals surface area contributed by atoms with Gasteiger partial charge in [0, 0.05) is 13.1 Å². The highest BCUT2D eigenvalue weighted by Crippen LogP contribution is 2.35. The molecule has 1 aliphatic rings. The number of thiophene rings is 1. The topological polar surface area (TPSA) is 75.8 Å². The van der Waals surface area contributed by atoms with Crippen LogP contribution in [0.25, 0.3) is 0 Å². The minimum Gasteiger partial charge on any atom is -0.465 e. The Labute approximate surface area is 117 Å². The number of hydrogen-bond acceptors (Lipinski definition) is 6. The van der Waals surface area contributed by atoms with Crippen LogP contribution in [0.2, 0.25) is 0 Å². The highest BCUT2D eigenvalue weighted by atomic mass is 32.1. The van der Waals surface area contributed by atoms with Crippen molar-refractivity contribution in [3.63, 3.8) is 0 Å². The predicted octanol–water partition coefficient (Wildman–Crippen LogP) is 1.71. The van der Waals surface area contributed by atoms with Crippen LogP contribution < -0.4 is 10.6 Å². The van der Waals surface area contributed by atoms with E-state index in [1.165, 1.54) is 18.4 Å². The van der Waals surface area contributed by atoms with Crippen molar-refractivity contribution in [2.75, 3.05) is 30.8 Å². The van der Waals surface area contributed by atoms with E-state index in [1.54, 1.807) is 0 Å². The smallest absolute Gasteiger partial charge is 0.350 e. The summed E-state index contributed by atoms with van der Waals surface area (Å²) in [5.74, 6) is -0.0127. The SMILES string of the molecule is COC(=O)c1sc(N2CCC(C(C)O)CC2)cc1N. The number of rotatable bonds is 3. The summed E-state index contributed by atoms with van der Waals surface area (Å²) in [6, 6.07) is 1.83. The number of aliphatic hydroxyl groups excluding tert-OH is 1. The van der Waals surface area contributed by atoms with Gasteiger partial charge >= 0.3 is 5.97 Å². The number of anilines is 2. The summed E-state index contributed by atoms with van der Waals surface area (Å²) >= 11 is 1.37. The van der Waals surface area contributed by atoms with Crippen LogP contribution >= 0.6 is 11.3 Å². The Kier molecular flexibility index (Phi) is 4.31.